The first-order valence-corrected chi connectivity index (χ1v) is 13.6. The molecule has 2 aliphatic rings. The van der Waals surface area contributed by atoms with Gasteiger partial charge in [0, 0.05) is 23.6 Å². The minimum atomic E-state index is -1.32. The normalized spacial score (nSPS) is 19.5. The number of carbonyl (C=O) groups is 5. The molecule has 3 amide bonds. The summed E-state index contributed by atoms with van der Waals surface area (Å²) >= 11 is 2.38. The summed E-state index contributed by atoms with van der Waals surface area (Å²) in [7, 11) is 0. The number of aliphatic carboxylic acids is 1. The molecular weight excluding hydrogens is 536 g/mol. The molecule has 2 aliphatic heterocycles. The van der Waals surface area contributed by atoms with E-state index in [1.165, 1.54) is 18.7 Å². The van der Waals surface area contributed by atoms with Gasteiger partial charge in [0.15, 0.2) is 5.13 Å². The van der Waals surface area contributed by atoms with Crippen LogP contribution in [0.25, 0.3) is 5.57 Å². The van der Waals surface area contributed by atoms with Crippen molar-refractivity contribution in [1.82, 2.24) is 15.2 Å². The summed E-state index contributed by atoms with van der Waals surface area (Å²) in [5, 5.41) is 16.2. The van der Waals surface area contributed by atoms with Crippen molar-refractivity contribution in [1.29, 1.82) is 0 Å². The van der Waals surface area contributed by atoms with Crippen molar-refractivity contribution in [3.8, 4) is 0 Å². The molecule has 3 heterocycles. The van der Waals surface area contributed by atoms with Gasteiger partial charge in [-0.05, 0) is 26.7 Å². The van der Waals surface area contributed by atoms with Crippen LogP contribution < -0.4 is 10.6 Å². The highest BCUT2D eigenvalue weighted by atomic mass is 32.2. The molecule has 0 radical (unpaired) electrons. The summed E-state index contributed by atoms with van der Waals surface area (Å²) < 4.78 is 10.2. The van der Waals surface area contributed by atoms with Gasteiger partial charge in [0.2, 0.25) is 0 Å². The number of β-lactam (4-membered cyclic amide) rings is 1. The van der Waals surface area contributed by atoms with E-state index in [9.17, 15) is 29.1 Å². The Morgan fingerprint density at radius 3 is 2.55 bits per heavy atom. The standard InChI is InChI=1S/C24H30N4O8S2/c1-11(2)7-14(15-10-38-22(25-15)27-23(34)36-24(4,5)6)18(30)26-16-19(31)28-17(21(32)33)13(8-35-12(3)29)9-37-20(16)28/h7,10-11,16,20H,8-9H2,1-6H3,(H,26,30)(H,32,33)(H,25,27,34)/t16-,20+/m0/s1. The van der Waals surface area contributed by atoms with Gasteiger partial charge in [-0.2, -0.15) is 0 Å². The average Bonchev–Trinajstić information content (AvgIpc) is 3.24. The Labute approximate surface area is 227 Å². The van der Waals surface area contributed by atoms with Crippen LogP contribution in [0.3, 0.4) is 0 Å². The lowest BCUT2D eigenvalue weighted by molar-refractivity contribution is -0.150. The second-order valence-electron chi connectivity index (χ2n) is 9.89. The number of thiazole rings is 1. The zero-order valence-corrected chi connectivity index (χ0v) is 23.4. The molecule has 3 N–H and O–H groups in total. The second-order valence-corrected chi connectivity index (χ2v) is 11.9. The van der Waals surface area contributed by atoms with Gasteiger partial charge in [0.05, 0.1) is 11.3 Å². The molecule has 3 rings (SSSR count). The Morgan fingerprint density at radius 2 is 1.97 bits per heavy atom. The van der Waals surface area contributed by atoms with Gasteiger partial charge >= 0.3 is 18.0 Å². The third-order valence-corrected chi connectivity index (χ3v) is 7.22. The fourth-order valence-corrected chi connectivity index (χ4v) is 5.68. The highest BCUT2D eigenvalue weighted by molar-refractivity contribution is 8.00. The number of thioether (sulfide) groups is 1. The Bertz CT molecular complexity index is 1210. The quantitative estimate of drug-likeness (QED) is 0.242. The number of fused-ring (bicyclic) bond motifs is 1. The van der Waals surface area contributed by atoms with E-state index in [1.54, 1.807) is 32.2 Å². The zero-order chi connectivity index (χ0) is 28.4. The maximum Gasteiger partial charge on any atom is 0.413 e. The largest absolute Gasteiger partial charge is 0.477 e. The molecule has 2 atom stereocenters. The van der Waals surface area contributed by atoms with Crippen molar-refractivity contribution in [3.63, 3.8) is 0 Å². The Kier molecular flexibility index (Phi) is 8.87. The molecule has 1 fully saturated rings. The Balaban J connectivity index is 1.75. The number of rotatable bonds is 8. The van der Waals surface area contributed by atoms with E-state index >= 15 is 0 Å². The molecule has 38 heavy (non-hydrogen) atoms. The minimum absolute atomic E-state index is 0.0391. The molecular formula is C24H30N4O8S2. The maximum atomic E-state index is 13.3. The lowest BCUT2D eigenvalue weighted by atomic mass is 10.0. The van der Waals surface area contributed by atoms with Crippen molar-refractivity contribution in [2.75, 3.05) is 17.7 Å². The summed E-state index contributed by atoms with van der Waals surface area (Å²) in [5.41, 5.74) is -0.0999. The molecule has 0 unspecified atom stereocenters. The van der Waals surface area contributed by atoms with Crippen LogP contribution >= 0.6 is 23.1 Å². The van der Waals surface area contributed by atoms with Gasteiger partial charge in [-0.3, -0.25) is 24.6 Å². The third kappa shape index (κ3) is 6.92. The SMILES string of the molecule is CC(=O)OCC1=C(C(=O)O)N2C(=O)[C@H](NC(=O)C(=CC(C)C)c3csc(NC(=O)OC(C)(C)C)n3)[C@H]2SC1. The number of hydrogen-bond donors (Lipinski definition) is 3. The monoisotopic (exact) mass is 566 g/mol. The van der Waals surface area contributed by atoms with Gasteiger partial charge in [-0.1, -0.05) is 19.9 Å². The molecule has 0 saturated carbocycles. The number of nitrogens with one attached hydrogen (secondary N) is 2. The number of ether oxygens (including phenoxy) is 2. The number of hydrogen-bond acceptors (Lipinski definition) is 10. The van der Waals surface area contributed by atoms with E-state index in [-0.39, 0.29) is 34.7 Å². The molecule has 0 bridgehead atoms. The number of allylic oxidation sites excluding steroid dienone is 1. The molecule has 206 valence electrons. The summed E-state index contributed by atoms with van der Waals surface area (Å²) in [4.78, 5) is 66.8. The minimum Gasteiger partial charge on any atom is -0.477 e. The van der Waals surface area contributed by atoms with E-state index < -0.39 is 46.9 Å². The molecule has 1 saturated heterocycles. The van der Waals surface area contributed by atoms with Crippen LogP contribution in [0.1, 0.15) is 47.2 Å². The predicted octanol–water partition coefficient (Wildman–Crippen LogP) is 2.83. The van der Waals surface area contributed by atoms with Gasteiger partial charge in [-0.15, -0.1) is 23.1 Å². The summed E-state index contributed by atoms with van der Waals surface area (Å²) in [6.07, 6.45) is 1.01. The smallest absolute Gasteiger partial charge is 0.413 e. The number of amides is 3. The number of carbonyl (C=O) groups excluding carboxylic acids is 4. The number of carboxylic acids is 1. The van der Waals surface area contributed by atoms with E-state index in [2.05, 4.69) is 15.6 Å². The number of aromatic nitrogens is 1. The topological polar surface area (TPSA) is 164 Å². The van der Waals surface area contributed by atoms with Crippen LogP contribution in [-0.2, 0) is 28.7 Å². The van der Waals surface area contributed by atoms with Crippen LogP contribution in [0.5, 0.6) is 0 Å². The average molecular weight is 567 g/mol. The summed E-state index contributed by atoms with van der Waals surface area (Å²) in [6, 6.07) is -0.953. The first-order chi connectivity index (χ1) is 17.7. The van der Waals surface area contributed by atoms with Gasteiger partial charge in [0.25, 0.3) is 11.8 Å². The van der Waals surface area contributed by atoms with Crippen LogP contribution in [-0.4, -0.2) is 74.2 Å². The molecule has 0 aromatic carbocycles. The second kappa shape index (κ2) is 11.6. The van der Waals surface area contributed by atoms with E-state index in [1.807, 2.05) is 13.8 Å². The summed E-state index contributed by atoms with van der Waals surface area (Å²) in [5.74, 6) is -2.84. The van der Waals surface area contributed by atoms with E-state index in [0.717, 1.165) is 16.2 Å². The number of anilines is 1. The number of carboxylic acid groups (broad SMARTS) is 1. The first-order valence-electron chi connectivity index (χ1n) is 11.7. The molecule has 1 aromatic rings. The highest BCUT2D eigenvalue weighted by Gasteiger charge is 2.54. The third-order valence-electron chi connectivity index (χ3n) is 5.12. The Morgan fingerprint density at radius 1 is 1.29 bits per heavy atom. The molecule has 1 aromatic heterocycles. The van der Waals surface area contributed by atoms with Gasteiger partial charge in [-0.25, -0.2) is 14.6 Å². The van der Waals surface area contributed by atoms with Crippen LogP contribution in [0.15, 0.2) is 22.7 Å². The van der Waals surface area contributed by atoms with Crippen molar-refractivity contribution < 1.29 is 38.6 Å². The van der Waals surface area contributed by atoms with E-state index in [4.69, 9.17) is 9.47 Å². The lowest BCUT2D eigenvalue weighted by Gasteiger charge is -2.49. The van der Waals surface area contributed by atoms with Crippen LogP contribution in [0.4, 0.5) is 9.93 Å². The fraction of sp³-hybridized carbons (Fsp3) is 0.500. The van der Waals surface area contributed by atoms with Crippen molar-refractivity contribution in [2.45, 2.75) is 58.6 Å². The van der Waals surface area contributed by atoms with Crippen molar-refractivity contribution in [2.24, 2.45) is 5.92 Å². The molecule has 0 spiro atoms. The molecule has 12 nitrogen and oxygen atoms in total. The van der Waals surface area contributed by atoms with Crippen LogP contribution in [0.2, 0.25) is 0 Å². The lowest BCUT2D eigenvalue weighted by Crippen LogP contribution is -2.70. The predicted molar refractivity (Wildman–Crippen MR) is 141 cm³/mol. The fourth-order valence-electron chi connectivity index (χ4n) is 3.66. The van der Waals surface area contributed by atoms with E-state index in [0.29, 0.717) is 11.3 Å². The summed E-state index contributed by atoms with van der Waals surface area (Å²) in [6.45, 7) is 9.93. The number of esters is 1. The van der Waals surface area contributed by atoms with Gasteiger partial charge in [0.1, 0.15) is 29.3 Å². The zero-order valence-electron chi connectivity index (χ0n) is 21.8. The van der Waals surface area contributed by atoms with Crippen molar-refractivity contribution in [3.05, 3.63) is 28.4 Å². The first kappa shape index (κ1) is 29.2. The molecule has 0 aliphatic carbocycles. The van der Waals surface area contributed by atoms with Crippen LogP contribution in [0, 0.1) is 5.92 Å². The highest BCUT2D eigenvalue weighted by Crippen LogP contribution is 2.40. The maximum absolute atomic E-state index is 13.3. The Hall–Kier alpha value is -3.39. The molecule has 14 heteroatoms. The number of nitrogens with zero attached hydrogens (tertiary/aromatic N) is 2. The van der Waals surface area contributed by atoms with Crippen molar-refractivity contribution >= 4 is 63.6 Å². The van der Waals surface area contributed by atoms with Gasteiger partial charge < -0.3 is 19.9 Å².